The molecule has 1 amide bonds. The Kier molecular flexibility index (Phi) is 7.06. The zero-order valence-corrected chi connectivity index (χ0v) is 14.4. The first kappa shape index (κ1) is 18.0. The lowest BCUT2D eigenvalue weighted by molar-refractivity contribution is -0.128. The van der Waals surface area contributed by atoms with Gasteiger partial charge < -0.3 is 10.4 Å². The molecule has 0 radical (unpaired) electrons. The fraction of sp³-hybridized carbons (Fsp3) is 0.632. The number of aliphatic hydroxyl groups is 1. The number of nitrogens with zero attached hydrogens (tertiary/aromatic N) is 1. The van der Waals surface area contributed by atoms with Gasteiger partial charge in [0.05, 0.1) is 12.1 Å². The summed E-state index contributed by atoms with van der Waals surface area (Å²) < 4.78 is 0. The number of hydrogen-bond acceptors (Lipinski definition) is 3. The van der Waals surface area contributed by atoms with E-state index in [0.29, 0.717) is 12.5 Å². The predicted octanol–water partition coefficient (Wildman–Crippen LogP) is 2.56. The van der Waals surface area contributed by atoms with E-state index in [2.05, 4.69) is 29.3 Å². The van der Waals surface area contributed by atoms with E-state index in [1.54, 1.807) is 6.92 Å². The van der Waals surface area contributed by atoms with Crippen LogP contribution in [0.15, 0.2) is 30.3 Å². The Labute approximate surface area is 139 Å². The Morgan fingerprint density at radius 2 is 2.04 bits per heavy atom. The fourth-order valence-electron chi connectivity index (χ4n) is 3.35. The highest BCUT2D eigenvalue weighted by Gasteiger charge is 2.28. The van der Waals surface area contributed by atoms with Crippen LogP contribution in [0.2, 0.25) is 0 Å². The van der Waals surface area contributed by atoms with Crippen molar-refractivity contribution >= 4 is 5.91 Å². The van der Waals surface area contributed by atoms with E-state index in [1.165, 1.54) is 5.56 Å². The van der Waals surface area contributed by atoms with Crippen molar-refractivity contribution in [1.29, 1.82) is 0 Å². The molecular formula is C19H30N2O2. The third-order valence-corrected chi connectivity index (χ3v) is 4.51. The minimum absolute atomic E-state index is 0.0253. The zero-order chi connectivity index (χ0) is 16.7. The van der Waals surface area contributed by atoms with Crippen molar-refractivity contribution in [2.75, 3.05) is 13.1 Å². The van der Waals surface area contributed by atoms with E-state index in [-0.39, 0.29) is 18.1 Å². The molecule has 1 aliphatic heterocycles. The van der Waals surface area contributed by atoms with Gasteiger partial charge in [-0.15, -0.1) is 0 Å². The Balaban J connectivity index is 1.88. The Hall–Kier alpha value is -1.39. The van der Waals surface area contributed by atoms with Crippen LogP contribution in [0.3, 0.4) is 0 Å². The lowest BCUT2D eigenvalue weighted by atomic mass is 9.99. The number of rotatable bonds is 7. The van der Waals surface area contributed by atoms with E-state index < -0.39 is 0 Å². The maximum atomic E-state index is 12.6. The second-order valence-electron chi connectivity index (χ2n) is 6.90. The molecule has 3 atom stereocenters. The molecule has 2 N–H and O–H groups in total. The Morgan fingerprint density at radius 3 is 2.74 bits per heavy atom. The normalized spacial score (nSPS) is 21.6. The number of carbonyl (C=O) groups is 1. The third kappa shape index (κ3) is 5.96. The molecule has 2 rings (SSSR count). The Morgan fingerprint density at radius 1 is 1.30 bits per heavy atom. The second-order valence-corrected chi connectivity index (χ2v) is 6.90. The number of likely N-dealkylation sites (tertiary alicyclic amines) is 1. The van der Waals surface area contributed by atoms with Crippen LogP contribution >= 0.6 is 0 Å². The minimum atomic E-state index is -0.314. The number of benzene rings is 1. The van der Waals surface area contributed by atoms with Gasteiger partial charge in [-0.1, -0.05) is 43.7 Å². The molecular weight excluding hydrogens is 288 g/mol. The second kappa shape index (κ2) is 9.04. The topological polar surface area (TPSA) is 52.6 Å². The highest BCUT2D eigenvalue weighted by atomic mass is 16.3. The molecule has 0 spiro atoms. The summed E-state index contributed by atoms with van der Waals surface area (Å²) in [6.07, 6.45) is 3.62. The summed E-state index contributed by atoms with van der Waals surface area (Å²) in [5.74, 6) is 0.434. The summed E-state index contributed by atoms with van der Waals surface area (Å²) in [6, 6.07) is 10.3. The lowest BCUT2D eigenvalue weighted by Crippen LogP contribution is -2.49. The van der Waals surface area contributed by atoms with Gasteiger partial charge in [0.15, 0.2) is 0 Å². The monoisotopic (exact) mass is 318 g/mol. The van der Waals surface area contributed by atoms with E-state index in [4.69, 9.17) is 0 Å². The highest BCUT2D eigenvalue weighted by Crippen LogP contribution is 2.20. The molecule has 0 bridgehead atoms. The molecule has 23 heavy (non-hydrogen) atoms. The van der Waals surface area contributed by atoms with Crippen molar-refractivity contribution in [2.45, 2.75) is 58.2 Å². The van der Waals surface area contributed by atoms with Gasteiger partial charge in [0, 0.05) is 13.1 Å². The van der Waals surface area contributed by atoms with Crippen LogP contribution in [0.25, 0.3) is 0 Å². The first-order valence-corrected chi connectivity index (χ1v) is 8.80. The highest BCUT2D eigenvalue weighted by molar-refractivity contribution is 5.81. The smallest absolute Gasteiger partial charge is 0.237 e. The largest absolute Gasteiger partial charge is 0.393 e. The number of hydrogen-bond donors (Lipinski definition) is 2. The molecule has 1 heterocycles. The van der Waals surface area contributed by atoms with Crippen LogP contribution < -0.4 is 5.32 Å². The van der Waals surface area contributed by atoms with Gasteiger partial charge in [0.2, 0.25) is 5.91 Å². The van der Waals surface area contributed by atoms with Crippen LogP contribution in [0.5, 0.6) is 0 Å². The molecule has 1 aliphatic rings. The Bertz CT molecular complexity index is 476. The zero-order valence-electron chi connectivity index (χ0n) is 14.4. The standard InChI is InChI=1S/C19H30N2O2/c1-15(12-16(2)22)13-20-19(23)18-10-6-7-11-21(18)14-17-8-4-3-5-9-17/h3-5,8-9,15-16,18,22H,6-7,10-14H2,1-2H3,(H,20,23). The summed E-state index contributed by atoms with van der Waals surface area (Å²) in [7, 11) is 0. The van der Waals surface area contributed by atoms with Gasteiger partial charge in [0.1, 0.15) is 0 Å². The number of amides is 1. The van der Waals surface area contributed by atoms with E-state index in [1.807, 2.05) is 18.2 Å². The molecule has 4 nitrogen and oxygen atoms in total. The summed E-state index contributed by atoms with van der Waals surface area (Å²) in [4.78, 5) is 14.9. The first-order valence-electron chi connectivity index (χ1n) is 8.80. The lowest BCUT2D eigenvalue weighted by Gasteiger charge is -2.35. The van der Waals surface area contributed by atoms with Crippen molar-refractivity contribution in [2.24, 2.45) is 5.92 Å². The van der Waals surface area contributed by atoms with Gasteiger partial charge in [-0.25, -0.2) is 0 Å². The molecule has 1 saturated heterocycles. The SMILES string of the molecule is CC(O)CC(C)CNC(=O)C1CCCCN1Cc1ccccc1. The maximum Gasteiger partial charge on any atom is 0.237 e. The van der Waals surface area contributed by atoms with Crippen LogP contribution in [0, 0.1) is 5.92 Å². The van der Waals surface area contributed by atoms with Crippen molar-refractivity contribution < 1.29 is 9.90 Å². The van der Waals surface area contributed by atoms with Crippen LogP contribution in [-0.4, -0.2) is 41.1 Å². The number of carbonyl (C=O) groups excluding carboxylic acids is 1. The molecule has 0 aliphatic carbocycles. The molecule has 0 aromatic heterocycles. The van der Waals surface area contributed by atoms with Gasteiger partial charge >= 0.3 is 0 Å². The van der Waals surface area contributed by atoms with Crippen molar-refractivity contribution in [1.82, 2.24) is 10.2 Å². The summed E-state index contributed by atoms with van der Waals surface area (Å²) >= 11 is 0. The van der Waals surface area contributed by atoms with Crippen LogP contribution in [0.4, 0.5) is 0 Å². The molecule has 3 unspecified atom stereocenters. The van der Waals surface area contributed by atoms with E-state index in [9.17, 15) is 9.90 Å². The van der Waals surface area contributed by atoms with Crippen LogP contribution in [0.1, 0.15) is 45.1 Å². The number of piperidine rings is 1. The molecule has 0 saturated carbocycles. The summed E-state index contributed by atoms with van der Waals surface area (Å²) in [5, 5.41) is 12.5. The minimum Gasteiger partial charge on any atom is -0.393 e. The molecule has 4 heteroatoms. The van der Waals surface area contributed by atoms with E-state index in [0.717, 1.165) is 38.8 Å². The molecule has 1 aromatic rings. The quantitative estimate of drug-likeness (QED) is 0.812. The molecule has 128 valence electrons. The summed E-state index contributed by atoms with van der Waals surface area (Å²) in [5.41, 5.74) is 1.26. The predicted molar refractivity (Wildman–Crippen MR) is 93.0 cm³/mol. The van der Waals surface area contributed by atoms with Crippen molar-refractivity contribution in [3.63, 3.8) is 0 Å². The van der Waals surface area contributed by atoms with E-state index >= 15 is 0 Å². The first-order chi connectivity index (χ1) is 11.1. The van der Waals surface area contributed by atoms with Gasteiger partial charge in [-0.3, -0.25) is 9.69 Å². The van der Waals surface area contributed by atoms with Crippen LogP contribution in [-0.2, 0) is 11.3 Å². The van der Waals surface area contributed by atoms with Gasteiger partial charge in [-0.05, 0) is 44.2 Å². The average Bonchev–Trinajstić information content (AvgIpc) is 2.53. The number of aliphatic hydroxyl groups excluding tert-OH is 1. The number of nitrogens with one attached hydrogen (secondary N) is 1. The average molecular weight is 318 g/mol. The summed E-state index contributed by atoms with van der Waals surface area (Å²) in [6.45, 7) is 6.31. The van der Waals surface area contributed by atoms with Crippen molar-refractivity contribution in [3.8, 4) is 0 Å². The maximum absolute atomic E-state index is 12.6. The fourth-order valence-corrected chi connectivity index (χ4v) is 3.35. The van der Waals surface area contributed by atoms with Gasteiger partial charge in [-0.2, -0.15) is 0 Å². The third-order valence-electron chi connectivity index (χ3n) is 4.51. The van der Waals surface area contributed by atoms with Crippen molar-refractivity contribution in [3.05, 3.63) is 35.9 Å². The molecule has 1 fully saturated rings. The van der Waals surface area contributed by atoms with Gasteiger partial charge in [0.25, 0.3) is 0 Å². The molecule has 1 aromatic carbocycles.